The predicted octanol–water partition coefficient (Wildman–Crippen LogP) is 3.79. The van der Waals surface area contributed by atoms with E-state index in [0.717, 1.165) is 11.8 Å². The fourth-order valence-corrected chi connectivity index (χ4v) is 2.43. The van der Waals surface area contributed by atoms with E-state index >= 15 is 0 Å². The first-order valence-corrected chi connectivity index (χ1v) is 7.15. The van der Waals surface area contributed by atoms with Crippen molar-refractivity contribution >= 4 is 40.6 Å². The molecule has 2 aromatic rings. The summed E-state index contributed by atoms with van der Waals surface area (Å²) in [5.74, 6) is -0.524. The van der Waals surface area contributed by atoms with Crippen LogP contribution in [0.1, 0.15) is 0 Å². The molecule has 1 amide bonds. The van der Waals surface area contributed by atoms with E-state index in [1.807, 2.05) is 0 Å². The smallest absolute Gasteiger partial charge is 0.234 e. The Morgan fingerprint density at radius 2 is 2.05 bits per heavy atom. The fraction of sp³-hybridized carbons (Fsp3) is 0.0714. The normalized spacial score (nSPS) is 10.3. The second-order valence-corrected chi connectivity index (χ2v) is 5.43. The maximum Gasteiger partial charge on any atom is 0.234 e. The Morgan fingerprint density at radius 3 is 2.80 bits per heavy atom. The van der Waals surface area contributed by atoms with E-state index in [-0.39, 0.29) is 17.5 Å². The molecule has 6 heteroatoms. The van der Waals surface area contributed by atoms with Crippen molar-refractivity contribution < 1.29 is 9.18 Å². The van der Waals surface area contributed by atoms with Crippen LogP contribution in [-0.2, 0) is 4.79 Å². The van der Waals surface area contributed by atoms with Crippen LogP contribution < -0.4 is 11.1 Å². The topological polar surface area (TPSA) is 55.1 Å². The number of rotatable bonds is 4. The summed E-state index contributed by atoms with van der Waals surface area (Å²) in [4.78, 5) is 12.2. The van der Waals surface area contributed by atoms with E-state index < -0.39 is 0 Å². The second kappa shape index (κ2) is 6.63. The number of thioether (sulfide) groups is 1. The van der Waals surface area contributed by atoms with Crippen molar-refractivity contribution in [2.45, 2.75) is 4.90 Å². The van der Waals surface area contributed by atoms with E-state index in [1.54, 1.807) is 36.4 Å². The third-order valence-electron chi connectivity index (χ3n) is 2.46. The Morgan fingerprint density at radius 1 is 1.30 bits per heavy atom. The van der Waals surface area contributed by atoms with Gasteiger partial charge in [0.05, 0.1) is 16.5 Å². The maximum absolute atomic E-state index is 13.4. The van der Waals surface area contributed by atoms with Gasteiger partial charge in [-0.3, -0.25) is 4.79 Å². The number of anilines is 2. The number of carbonyl (C=O) groups is 1. The fourth-order valence-electron chi connectivity index (χ4n) is 1.53. The van der Waals surface area contributed by atoms with Gasteiger partial charge >= 0.3 is 0 Å². The van der Waals surface area contributed by atoms with Crippen LogP contribution in [0.5, 0.6) is 0 Å². The van der Waals surface area contributed by atoms with Gasteiger partial charge in [-0.25, -0.2) is 4.39 Å². The van der Waals surface area contributed by atoms with Crippen molar-refractivity contribution in [3.8, 4) is 0 Å². The number of hydrogen-bond donors (Lipinski definition) is 2. The molecule has 3 N–H and O–H groups in total. The highest BCUT2D eigenvalue weighted by Crippen LogP contribution is 2.25. The second-order valence-electron chi connectivity index (χ2n) is 4.01. The minimum absolute atomic E-state index is 0.0893. The summed E-state index contributed by atoms with van der Waals surface area (Å²) in [7, 11) is 0. The predicted molar refractivity (Wildman–Crippen MR) is 81.6 cm³/mol. The lowest BCUT2D eigenvalue weighted by Crippen LogP contribution is -2.14. The van der Waals surface area contributed by atoms with E-state index in [2.05, 4.69) is 5.32 Å². The van der Waals surface area contributed by atoms with Gasteiger partial charge in [-0.1, -0.05) is 23.7 Å². The summed E-state index contributed by atoms with van der Waals surface area (Å²) >= 11 is 7.07. The minimum atomic E-state index is -0.340. The lowest BCUT2D eigenvalue weighted by molar-refractivity contribution is -0.113. The Labute approximate surface area is 125 Å². The highest BCUT2D eigenvalue weighted by molar-refractivity contribution is 8.00. The number of nitrogens with two attached hydrogens (primary N) is 1. The molecule has 0 saturated heterocycles. The van der Waals surface area contributed by atoms with Gasteiger partial charge in [-0.15, -0.1) is 11.8 Å². The average molecular weight is 311 g/mol. The van der Waals surface area contributed by atoms with Gasteiger partial charge < -0.3 is 11.1 Å². The zero-order valence-corrected chi connectivity index (χ0v) is 12.0. The number of amides is 1. The number of halogens is 2. The summed E-state index contributed by atoms with van der Waals surface area (Å²) in [6.07, 6.45) is 0. The minimum Gasteiger partial charge on any atom is -0.399 e. The number of benzene rings is 2. The quantitative estimate of drug-likeness (QED) is 0.667. The molecule has 2 rings (SSSR count). The summed E-state index contributed by atoms with van der Waals surface area (Å²) in [5, 5.41) is 3.05. The van der Waals surface area contributed by atoms with Crippen LogP contribution in [0.3, 0.4) is 0 Å². The molecular formula is C14H12ClFN2OS. The number of hydrogen-bond acceptors (Lipinski definition) is 3. The molecule has 3 nitrogen and oxygen atoms in total. The zero-order chi connectivity index (χ0) is 14.5. The standard InChI is InChI=1S/C14H12ClFN2OS/c15-10-6-5-9(17)7-12(10)18-14(19)8-20-13-4-2-1-3-11(13)16/h1-7H,8,17H2,(H,18,19). The molecule has 0 aliphatic carbocycles. The van der Waals surface area contributed by atoms with E-state index in [9.17, 15) is 9.18 Å². The van der Waals surface area contributed by atoms with Gasteiger partial charge in [-0.05, 0) is 30.3 Å². The van der Waals surface area contributed by atoms with Crippen LogP contribution >= 0.6 is 23.4 Å². The molecule has 0 saturated carbocycles. The maximum atomic E-state index is 13.4. The largest absolute Gasteiger partial charge is 0.399 e. The molecule has 0 radical (unpaired) electrons. The monoisotopic (exact) mass is 310 g/mol. The number of carbonyl (C=O) groups excluding carboxylic acids is 1. The Hall–Kier alpha value is -1.72. The zero-order valence-electron chi connectivity index (χ0n) is 10.4. The van der Waals surface area contributed by atoms with Gasteiger partial charge in [-0.2, -0.15) is 0 Å². The average Bonchev–Trinajstić information content (AvgIpc) is 2.42. The third-order valence-corrected chi connectivity index (χ3v) is 3.84. The van der Waals surface area contributed by atoms with Gasteiger partial charge in [0.2, 0.25) is 5.91 Å². The van der Waals surface area contributed by atoms with Crippen molar-refractivity contribution in [3.05, 3.63) is 53.3 Å². The first kappa shape index (κ1) is 14.7. The van der Waals surface area contributed by atoms with Crippen LogP contribution in [0, 0.1) is 5.82 Å². The molecule has 0 bridgehead atoms. The Kier molecular flexibility index (Phi) is 4.87. The molecule has 0 aromatic heterocycles. The van der Waals surface area contributed by atoms with Crippen LogP contribution in [0.2, 0.25) is 5.02 Å². The Bertz CT molecular complexity index is 636. The molecule has 20 heavy (non-hydrogen) atoms. The molecule has 0 fully saturated rings. The highest BCUT2D eigenvalue weighted by atomic mass is 35.5. The van der Waals surface area contributed by atoms with Crippen molar-refractivity contribution in [1.29, 1.82) is 0 Å². The van der Waals surface area contributed by atoms with Gasteiger partial charge in [0.25, 0.3) is 0 Å². The summed E-state index contributed by atoms with van der Waals surface area (Å²) in [6.45, 7) is 0. The van der Waals surface area contributed by atoms with Crippen LogP contribution in [-0.4, -0.2) is 11.7 Å². The summed E-state index contributed by atoms with van der Waals surface area (Å²) in [5.41, 5.74) is 6.58. The van der Waals surface area contributed by atoms with E-state index in [1.165, 1.54) is 6.07 Å². The van der Waals surface area contributed by atoms with Crippen molar-refractivity contribution in [3.63, 3.8) is 0 Å². The molecule has 0 aliphatic heterocycles. The van der Waals surface area contributed by atoms with Crippen LogP contribution in [0.4, 0.5) is 15.8 Å². The van der Waals surface area contributed by atoms with Crippen molar-refractivity contribution in [1.82, 2.24) is 0 Å². The first-order chi connectivity index (χ1) is 9.56. The summed E-state index contributed by atoms with van der Waals surface area (Å²) in [6, 6.07) is 11.1. The molecular weight excluding hydrogens is 299 g/mol. The molecule has 104 valence electrons. The van der Waals surface area contributed by atoms with Gasteiger partial charge in [0, 0.05) is 10.6 Å². The van der Waals surface area contributed by atoms with Crippen LogP contribution in [0.15, 0.2) is 47.4 Å². The first-order valence-electron chi connectivity index (χ1n) is 5.78. The molecule has 0 spiro atoms. The Balaban J connectivity index is 1.96. The molecule has 0 atom stereocenters. The molecule has 0 aliphatic rings. The lowest BCUT2D eigenvalue weighted by atomic mass is 10.3. The van der Waals surface area contributed by atoms with E-state index in [0.29, 0.717) is 21.3 Å². The number of nitrogens with one attached hydrogen (secondary N) is 1. The third kappa shape index (κ3) is 3.88. The lowest BCUT2D eigenvalue weighted by Gasteiger charge is -2.08. The van der Waals surface area contributed by atoms with Crippen LogP contribution in [0.25, 0.3) is 0 Å². The van der Waals surface area contributed by atoms with E-state index in [4.69, 9.17) is 17.3 Å². The summed E-state index contributed by atoms with van der Waals surface area (Å²) < 4.78 is 13.4. The molecule has 2 aromatic carbocycles. The van der Waals surface area contributed by atoms with Crippen molar-refractivity contribution in [2.75, 3.05) is 16.8 Å². The SMILES string of the molecule is Nc1ccc(Cl)c(NC(=O)CSc2ccccc2F)c1. The molecule has 0 unspecified atom stereocenters. The number of nitrogen functional groups attached to an aromatic ring is 1. The van der Waals surface area contributed by atoms with Crippen molar-refractivity contribution in [2.24, 2.45) is 0 Å². The molecule has 0 heterocycles. The van der Waals surface area contributed by atoms with Gasteiger partial charge in [0.1, 0.15) is 5.82 Å². The van der Waals surface area contributed by atoms with Gasteiger partial charge in [0.15, 0.2) is 0 Å². The highest BCUT2D eigenvalue weighted by Gasteiger charge is 2.08.